The van der Waals surface area contributed by atoms with E-state index in [2.05, 4.69) is 16.7 Å². The highest BCUT2D eigenvalue weighted by atomic mass is 35.5. The molecular formula is C20H21Cl2N3O3S. The van der Waals surface area contributed by atoms with Gasteiger partial charge < -0.3 is 15.4 Å². The predicted octanol–water partition coefficient (Wildman–Crippen LogP) is 5.51. The molecule has 3 aromatic rings. The minimum absolute atomic E-state index is 0. The van der Waals surface area contributed by atoms with Crippen LogP contribution in [0.2, 0.25) is 5.02 Å². The maximum Gasteiger partial charge on any atom is 0.271 e. The number of hydrogen-bond donors (Lipinski definition) is 2. The lowest BCUT2D eigenvalue weighted by molar-refractivity contribution is -0.384. The van der Waals surface area contributed by atoms with Gasteiger partial charge in [0.2, 0.25) is 0 Å². The summed E-state index contributed by atoms with van der Waals surface area (Å²) >= 11 is 7.74. The Kier molecular flexibility index (Phi) is 9.21. The number of hydrogen-bond acceptors (Lipinski definition) is 6. The summed E-state index contributed by atoms with van der Waals surface area (Å²) in [5.74, 6) is 0.853. The molecule has 0 radical (unpaired) electrons. The lowest BCUT2D eigenvalue weighted by Crippen LogP contribution is -2.21. The fourth-order valence-corrected chi connectivity index (χ4v) is 3.39. The van der Waals surface area contributed by atoms with Crippen molar-refractivity contribution in [2.45, 2.75) is 13.2 Å². The molecule has 3 rings (SSSR count). The molecule has 2 aromatic carbocycles. The normalized spacial score (nSPS) is 10.2. The Hall–Kier alpha value is -2.32. The number of ether oxygens (including phenoxy) is 1. The van der Waals surface area contributed by atoms with Crippen LogP contribution in [0, 0.1) is 10.1 Å². The number of halogens is 2. The van der Waals surface area contributed by atoms with E-state index in [0.29, 0.717) is 23.9 Å². The molecule has 0 aliphatic carbocycles. The molecule has 154 valence electrons. The Morgan fingerprint density at radius 1 is 1.10 bits per heavy atom. The van der Waals surface area contributed by atoms with Crippen LogP contribution in [0.4, 0.5) is 11.4 Å². The van der Waals surface area contributed by atoms with Crippen LogP contribution in [0.1, 0.15) is 10.4 Å². The number of anilines is 1. The molecule has 0 atom stereocenters. The third kappa shape index (κ3) is 7.21. The van der Waals surface area contributed by atoms with Gasteiger partial charge in [-0.15, -0.1) is 23.7 Å². The molecule has 29 heavy (non-hydrogen) atoms. The van der Waals surface area contributed by atoms with E-state index in [-0.39, 0.29) is 18.1 Å². The fraction of sp³-hybridized carbons (Fsp3) is 0.200. The summed E-state index contributed by atoms with van der Waals surface area (Å²) in [4.78, 5) is 11.5. The Morgan fingerprint density at radius 2 is 1.90 bits per heavy atom. The standard InChI is InChI=1S/C20H20ClN3O3S.ClH/c21-19-12-16(24(25)26)5-8-20(19)23-10-9-22-13-15-3-6-17(7-4-15)27-14-18-2-1-11-28-18;/h1-8,11-12,22-23H,9-10,13-14H2;1H. The Labute approximate surface area is 184 Å². The quantitative estimate of drug-likeness (QED) is 0.240. The second-order valence-electron chi connectivity index (χ2n) is 6.04. The molecule has 0 bridgehead atoms. The van der Waals surface area contributed by atoms with Gasteiger partial charge in [-0.3, -0.25) is 10.1 Å². The Morgan fingerprint density at radius 3 is 2.55 bits per heavy atom. The van der Waals surface area contributed by atoms with E-state index in [1.54, 1.807) is 17.4 Å². The summed E-state index contributed by atoms with van der Waals surface area (Å²) in [6.45, 7) is 2.70. The average molecular weight is 454 g/mol. The predicted molar refractivity (Wildman–Crippen MR) is 121 cm³/mol. The van der Waals surface area contributed by atoms with E-state index < -0.39 is 4.92 Å². The summed E-state index contributed by atoms with van der Waals surface area (Å²) < 4.78 is 5.76. The van der Waals surface area contributed by atoms with E-state index >= 15 is 0 Å². The first-order valence-corrected chi connectivity index (χ1v) is 10.0. The number of thiophene rings is 1. The molecule has 1 heterocycles. The number of rotatable bonds is 10. The van der Waals surface area contributed by atoms with Gasteiger partial charge in [0.25, 0.3) is 5.69 Å². The number of nitro groups is 1. The van der Waals surface area contributed by atoms with Gasteiger partial charge in [0.05, 0.1) is 15.6 Å². The average Bonchev–Trinajstić information content (AvgIpc) is 3.21. The van der Waals surface area contributed by atoms with Crippen molar-refractivity contribution in [1.82, 2.24) is 5.32 Å². The van der Waals surface area contributed by atoms with E-state index in [1.807, 2.05) is 35.7 Å². The Balaban J connectivity index is 0.00000300. The largest absolute Gasteiger partial charge is 0.488 e. The summed E-state index contributed by atoms with van der Waals surface area (Å²) in [6.07, 6.45) is 0. The summed E-state index contributed by atoms with van der Waals surface area (Å²) in [7, 11) is 0. The summed E-state index contributed by atoms with van der Waals surface area (Å²) in [5.41, 5.74) is 1.83. The number of nitrogens with one attached hydrogen (secondary N) is 2. The molecule has 2 N–H and O–H groups in total. The van der Waals surface area contributed by atoms with Crippen molar-refractivity contribution < 1.29 is 9.66 Å². The number of nitro benzene ring substituents is 1. The molecule has 1 aromatic heterocycles. The van der Waals surface area contributed by atoms with E-state index in [9.17, 15) is 10.1 Å². The van der Waals surface area contributed by atoms with Crippen LogP contribution in [-0.4, -0.2) is 18.0 Å². The number of benzene rings is 2. The maximum atomic E-state index is 10.7. The van der Waals surface area contributed by atoms with Crippen molar-refractivity contribution in [3.05, 3.63) is 85.6 Å². The lowest BCUT2D eigenvalue weighted by atomic mass is 10.2. The third-order valence-corrected chi connectivity index (χ3v) is 5.16. The van der Waals surface area contributed by atoms with E-state index in [1.165, 1.54) is 17.0 Å². The maximum absolute atomic E-state index is 10.7. The molecule has 0 saturated carbocycles. The van der Waals surface area contributed by atoms with Gasteiger partial charge in [-0.1, -0.05) is 29.8 Å². The molecule has 0 saturated heterocycles. The minimum atomic E-state index is -0.463. The van der Waals surface area contributed by atoms with Gasteiger partial charge in [-0.05, 0) is 35.2 Å². The van der Waals surface area contributed by atoms with Gasteiger partial charge in [0, 0.05) is 36.6 Å². The zero-order chi connectivity index (χ0) is 19.8. The molecule has 9 heteroatoms. The van der Waals surface area contributed by atoms with Crippen LogP contribution in [0.15, 0.2) is 60.0 Å². The van der Waals surface area contributed by atoms with E-state index in [0.717, 1.165) is 24.4 Å². The molecule has 6 nitrogen and oxygen atoms in total. The van der Waals surface area contributed by atoms with Crippen LogP contribution in [0.5, 0.6) is 5.75 Å². The molecule has 0 unspecified atom stereocenters. The number of nitrogens with zero attached hydrogens (tertiary/aromatic N) is 1. The van der Waals surface area contributed by atoms with Gasteiger partial charge in [-0.2, -0.15) is 0 Å². The topological polar surface area (TPSA) is 76.4 Å². The van der Waals surface area contributed by atoms with Crippen LogP contribution < -0.4 is 15.4 Å². The second-order valence-corrected chi connectivity index (χ2v) is 7.48. The summed E-state index contributed by atoms with van der Waals surface area (Å²) in [6, 6.07) is 16.5. The zero-order valence-corrected chi connectivity index (χ0v) is 17.9. The van der Waals surface area contributed by atoms with Gasteiger partial charge in [0.1, 0.15) is 12.4 Å². The number of non-ortho nitro benzene ring substituents is 1. The molecule has 0 aliphatic heterocycles. The van der Waals surface area contributed by atoms with Crippen LogP contribution >= 0.6 is 35.3 Å². The minimum Gasteiger partial charge on any atom is -0.488 e. The SMILES string of the molecule is Cl.O=[N+]([O-])c1ccc(NCCNCc2ccc(OCc3cccs3)cc2)c(Cl)c1. The molecule has 0 spiro atoms. The monoisotopic (exact) mass is 453 g/mol. The summed E-state index contributed by atoms with van der Waals surface area (Å²) in [5, 5.41) is 19.6. The zero-order valence-electron chi connectivity index (χ0n) is 15.5. The van der Waals surface area contributed by atoms with Crippen molar-refractivity contribution in [3.63, 3.8) is 0 Å². The van der Waals surface area contributed by atoms with Crippen LogP contribution in [0.25, 0.3) is 0 Å². The lowest BCUT2D eigenvalue weighted by Gasteiger charge is -2.10. The van der Waals surface area contributed by atoms with Crippen molar-refractivity contribution >= 4 is 46.7 Å². The van der Waals surface area contributed by atoms with Gasteiger partial charge >= 0.3 is 0 Å². The first kappa shape index (κ1) is 23.0. The molecular weight excluding hydrogens is 433 g/mol. The fourth-order valence-electron chi connectivity index (χ4n) is 2.53. The highest BCUT2D eigenvalue weighted by molar-refractivity contribution is 7.09. The van der Waals surface area contributed by atoms with Gasteiger partial charge in [-0.25, -0.2) is 0 Å². The molecule has 0 fully saturated rings. The smallest absolute Gasteiger partial charge is 0.271 e. The molecule has 0 aliphatic rings. The highest BCUT2D eigenvalue weighted by Crippen LogP contribution is 2.26. The molecule has 0 amide bonds. The van der Waals surface area contributed by atoms with Gasteiger partial charge in [0.15, 0.2) is 0 Å². The van der Waals surface area contributed by atoms with E-state index in [4.69, 9.17) is 16.3 Å². The van der Waals surface area contributed by atoms with Crippen molar-refractivity contribution in [3.8, 4) is 5.75 Å². The Bertz CT molecular complexity index is 906. The highest BCUT2D eigenvalue weighted by Gasteiger charge is 2.08. The van der Waals surface area contributed by atoms with Crippen molar-refractivity contribution in [2.24, 2.45) is 0 Å². The van der Waals surface area contributed by atoms with Crippen molar-refractivity contribution in [1.29, 1.82) is 0 Å². The van der Waals surface area contributed by atoms with Crippen LogP contribution in [-0.2, 0) is 13.2 Å². The second kappa shape index (κ2) is 11.6. The van der Waals surface area contributed by atoms with Crippen LogP contribution in [0.3, 0.4) is 0 Å². The third-order valence-electron chi connectivity index (χ3n) is 3.99. The first-order chi connectivity index (χ1) is 13.6. The first-order valence-electron chi connectivity index (χ1n) is 8.74. The van der Waals surface area contributed by atoms with Crippen molar-refractivity contribution in [2.75, 3.05) is 18.4 Å².